The van der Waals surface area contributed by atoms with E-state index in [2.05, 4.69) is 74.1 Å². The number of carbonyl (C=O) groups is 3. The Morgan fingerprint density at radius 2 is 0.754 bits per heavy atom. The molecule has 0 amide bonds. The monoisotopic (exact) mass is 973 g/mol. The third-order valence-corrected chi connectivity index (χ3v) is 14.2. The molecule has 0 saturated heterocycles. The van der Waals surface area contributed by atoms with Gasteiger partial charge in [-0.3, -0.25) is 19.3 Å². The van der Waals surface area contributed by atoms with Crippen molar-refractivity contribution in [3.05, 3.63) is 18.2 Å². The number of nitrogens with zero attached hydrogens (tertiary/aromatic N) is 4. The third-order valence-electron chi connectivity index (χ3n) is 14.2. The Morgan fingerprint density at radius 3 is 1.09 bits per heavy atom. The molecule has 10 heteroatoms. The Morgan fingerprint density at radius 1 is 0.435 bits per heavy atom. The normalized spacial score (nSPS) is 13.0. The Balaban J connectivity index is 2.57. The topological polar surface area (TPSA) is 103 Å². The zero-order valence-electron chi connectivity index (χ0n) is 46.5. The van der Waals surface area contributed by atoms with E-state index in [1.54, 1.807) is 0 Å². The van der Waals surface area contributed by atoms with E-state index in [-0.39, 0.29) is 36.2 Å². The Bertz CT molecular complexity index is 1280. The summed E-state index contributed by atoms with van der Waals surface area (Å²) in [6.45, 7) is 19.5. The summed E-state index contributed by atoms with van der Waals surface area (Å²) in [6.07, 6.45) is 44.1. The van der Waals surface area contributed by atoms with Gasteiger partial charge >= 0.3 is 17.9 Å². The van der Waals surface area contributed by atoms with Crippen molar-refractivity contribution in [2.24, 2.45) is 7.05 Å². The van der Waals surface area contributed by atoms with E-state index in [9.17, 15) is 14.4 Å². The number of ether oxygens (including phenoxy) is 3. The number of hydrogen-bond donors (Lipinski definition) is 0. The number of imidazole rings is 1. The summed E-state index contributed by atoms with van der Waals surface area (Å²) in [5.74, 6) is 1.10. The molecule has 0 bridgehead atoms. The summed E-state index contributed by atoms with van der Waals surface area (Å²) in [4.78, 5) is 47.4. The number of aromatic nitrogens is 2. The lowest BCUT2D eigenvalue weighted by Gasteiger charge is -2.26. The highest BCUT2D eigenvalue weighted by molar-refractivity contribution is 5.70. The van der Waals surface area contributed by atoms with Gasteiger partial charge in [-0.1, -0.05) is 157 Å². The van der Waals surface area contributed by atoms with Crippen LogP contribution >= 0.6 is 0 Å². The molecule has 0 aliphatic rings. The van der Waals surface area contributed by atoms with Gasteiger partial charge in [0, 0.05) is 38.7 Å². The van der Waals surface area contributed by atoms with E-state index in [0.29, 0.717) is 19.3 Å². The zero-order chi connectivity index (χ0) is 50.4. The number of hydrogen-bond acceptors (Lipinski definition) is 9. The number of carbonyl (C=O) groups excluding carboxylic acids is 3. The smallest absolute Gasteiger partial charge is 0.306 e. The van der Waals surface area contributed by atoms with Crippen LogP contribution in [-0.4, -0.2) is 88.3 Å². The van der Waals surface area contributed by atoms with Gasteiger partial charge in [-0.25, -0.2) is 4.98 Å². The van der Waals surface area contributed by atoms with Crippen molar-refractivity contribution in [3.8, 4) is 0 Å². The summed E-state index contributed by atoms with van der Waals surface area (Å²) < 4.78 is 19.5. The summed E-state index contributed by atoms with van der Waals surface area (Å²) in [6, 6.07) is 0. The van der Waals surface area contributed by atoms with Gasteiger partial charge in [0.25, 0.3) is 0 Å². The molecule has 1 rings (SSSR count). The Kier molecular flexibility index (Phi) is 43.6. The average Bonchev–Trinajstić information content (AvgIpc) is 3.75. The molecule has 0 saturated carbocycles. The van der Waals surface area contributed by atoms with Crippen molar-refractivity contribution < 1.29 is 28.6 Å². The molecule has 10 nitrogen and oxygen atoms in total. The predicted molar refractivity (Wildman–Crippen MR) is 289 cm³/mol. The summed E-state index contributed by atoms with van der Waals surface area (Å²) in [5.41, 5.74) is 0. The molecule has 0 fully saturated rings. The maximum atomic E-state index is 12.5. The third kappa shape index (κ3) is 37.9. The van der Waals surface area contributed by atoms with Crippen LogP contribution in [0.2, 0.25) is 0 Å². The summed E-state index contributed by atoms with van der Waals surface area (Å²) in [7, 11) is 2.10. The van der Waals surface area contributed by atoms with E-state index in [1.807, 2.05) is 6.20 Å². The van der Waals surface area contributed by atoms with Gasteiger partial charge in [0.1, 0.15) is 24.1 Å². The first-order valence-corrected chi connectivity index (χ1v) is 29.7. The predicted octanol–water partition coefficient (Wildman–Crippen LogP) is 15.8. The van der Waals surface area contributed by atoms with E-state index >= 15 is 0 Å². The van der Waals surface area contributed by atoms with Crippen molar-refractivity contribution in [3.63, 3.8) is 0 Å². The summed E-state index contributed by atoms with van der Waals surface area (Å²) >= 11 is 0. The molecule has 0 radical (unpaired) electrons. The van der Waals surface area contributed by atoms with Crippen LogP contribution in [0.25, 0.3) is 0 Å². The van der Waals surface area contributed by atoms with E-state index in [1.165, 1.54) is 116 Å². The first kappa shape index (κ1) is 64.6. The molecule has 0 spiro atoms. The summed E-state index contributed by atoms with van der Waals surface area (Å²) in [5, 5.41) is 0. The number of esters is 3. The number of rotatable bonds is 51. The lowest BCUT2D eigenvalue weighted by molar-refractivity contribution is -0.150. The van der Waals surface area contributed by atoms with Crippen molar-refractivity contribution >= 4 is 17.9 Å². The second-order valence-corrected chi connectivity index (χ2v) is 20.6. The van der Waals surface area contributed by atoms with Crippen molar-refractivity contribution in [1.29, 1.82) is 0 Å². The largest absolute Gasteiger partial charge is 0.462 e. The van der Waals surface area contributed by atoms with Crippen molar-refractivity contribution in [2.45, 2.75) is 304 Å². The Hall–Kier alpha value is -2.46. The van der Waals surface area contributed by atoms with Gasteiger partial charge in [-0.15, -0.1) is 0 Å². The van der Waals surface area contributed by atoms with Crippen LogP contribution in [0.4, 0.5) is 0 Å². The minimum absolute atomic E-state index is 0.00803. The molecule has 1 heterocycles. The quantitative estimate of drug-likeness (QED) is 0.0359. The molecule has 0 aromatic carbocycles. The Labute approximate surface area is 426 Å². The van der Waals surface area contributed by atoms with Crippen molar-refractivity contribution in [2.75, 3.05) is 32.7 Å². The molecule has 3 atom stereocenters. The SMILES string of the molecule is CCCCCC(CC)OC(=O)CCCCCCCCN(CCCCCCCCC(=O)OC(CC)CCCCC)CCCN(CCCCCCCCC(=O)OC(CC)CCCCC)Cc1nccn1C. The molecule has 3 unspecified atom stereocenters. The standard InChI is InChI=1S/C59H112N4O6/c1-8-14-29-39-53(11-4)67-57(64)42-32-23-17-20-26-35-46-62(47-36-27-21-18-24-33-43-58(65)68-54(12-5)40-30-15-9-2)49-38-50-63(52-56-60-45-51-61(56)7)48-37-28-22-19-25-34-44-59(66)69-55(13-6)41-31-16-10-3/h45,51,53-55H,8-44,46-50,52H2,1-7H3. The van der Waals surface area contributed by atoms with Gasteiger partial charge in [0.05, 0.1) is 6.54 Å². The van der Waals surface area contributed by atoms with Gasteiger partial charge in [-0.05, 0) is 135 Å². The lowest BCUT2D eigenvalue weighted by Crippen LogP contribution is -2.32. The molecule has 0 aliphatic heterocycles. The first-order chi connectivity index (χ1) is 33.7. The lowest BCUT2D eigenvalue weighted by atomic mass is 10.1. The maximum absolute atomic E-state index is 12.5. The molecular formula is C59H112N4O6. The molecule has 404 valence electrons. The first-order valence-electron chi connectivity index (χ1n) is 29.7. The fraction of sp³-hybridized carbons (Fsp3) is 0.898. The van der Waals surface area contributed by atoms with Crippen LogP contribution in [0.1, 0.15) is 285 Å². The van der Waals surface area contributed by atoms with Gasteiger partial charge < -0.3 is 23.7 Å². The number of unbranched alkanes of at least 4 members (excludes halogenated alkanes) is 21. The average molecular weight is 974 g/mol. The maximum Gasteiger partial charge on any atom is 0.306 e. The molecule has 69 heavy (non-hydrogen) atoms. The minimum atomic E-state index is -0.0112. The second-order valence-electron chi connectivity index (χ2n) is 20.6. The number of aryl methyl sites for hydroxylation is 1. The highest BCUT2D eigenvalue weighted by Gasteiger charge is 2.16. The fourth-order valence-electron chi connectivity index (χ4n) is 9.45. The van der Waals surface area contributed by atoms with Gasteiger partial charge in [0.15, 0.2) is 0 Å². The highest BCUT2D eigenvalue weighted by atomic mass is 16.6. The molecule has 0 aliphatic carbocycles. The second kappa shape index (κ2) is 46.6. The van der Waals surface area contributed by atoms with Crippen molar-refractivity contribution in [1.82, 2.24) is 19.4 Å². The van der Waals surface area contributed by atoms with Crippen LogP contribution < -0.4 is 0 Å². The molecule has 0 N–H and O–H groups in total. The van der Waals surface area contributed by atoms with Gasteiger partial charge in [-0.2, -0.15) is 0 Å². The van der Waals surface area contributed by atoms with Crippen LogP contribution in [0, 0.1) is 0 Å². The van der Waals surface area contributed by atoms with E-state index in [4.69, 9.17) is 14.2 Å². The van der Waals surface area contributed by atoms with Gasteiger partial charge in [0.2, 0.25) is 0 Å². The zero-order valence-corrected chi connectivity index (χ0v) is 46.5. The molecule has 1 aromatic heterocycles. The van der Waals surface area contributed by atoms with Crippen LogP contribution in [0.3, 0.4) is 0 Å². The van der Waals surface area contributed by atoms with E-state index in [0.717, 1.165) is 148 Å². The van der Waals surface area contributed by atoms with Crippen LogP contribution in [0.5, 0.6) is 0 Å². The van der Waals surface area contributed by atoms with E-state index < -0.39 is 0 Å². The van der Waals surface area contributed by atoms with Crippen LogP contribution in [-0.2, 0) is 42.2 Å². The van der Waals surface area contributed by atoms with Crippen LogP contribution in [0.15, 0.2) is 12.4 Å². The fourth-order valence-corrected chi connectivity index (χ4v) is 9.45. The highest BCUT2D eigenvalue weighted by Crippen LogP contribution is 2.18. The minimum Gasteiger partial charge on any atom is -0.462 e. The molecule has 1 aromatic rings. The molecular weight excluding hydrogens is 861 g/mol.